The molecule has 5 atom stereocenters. The summed E-state index contributed by atoms with van der Waals surface area (Å²) in [5.74, 6) is -1.97. The van der Waals surface area contributed by atoms with E-state index in [1.165, 1.54) is 0 Å². The third-order valence-corrected chi connectivity index (χ3v) is 10.0. The van der Waals surface area contributed by atoms with E-state index < -0.39 is 29.1 Å². The third kappa shape index (κ3) is 5.73. The van der Waals surface area contributed by atoms with Gasteiger partial charge in [0.1, 0.15) is 11.6 Å². The minimum absolute atomic E-state index is 0.116. The Bertz CT molecular complexity index is 1270. The molecule has 3 amide bonds. The summed E-state index contributed by atoms with van der Waals surface area (Å²) in [7, 11) is 0. The van der Waals surface area contributed by atoms with Crippen LogP contribution in [0.3, 0.4) is 0 Å². The molecule has 10 heteroatoms. The summed E-state index contributed by atoms with van der Waals surface area (Å²) >= 11 is 0. The van der Waals surface area contributed by atoms with E-state index in [2.05, 4.69) is 4.90 Å². The number of morpholine rings is 1. The summed E-state index contributed by atoms with van der Waals surface area (Å²) in [4.78, 5) is 51.1. The quantitative estimate of drug-likeness (QED) is 0.303. The minimum Gasteiger partial charge on any atom is -0.396 e. The Labute approximate surface area is 260 Å². The van der Waals surface area contributed by atoms with Crippen LogP contribution in [0.15, 0.2) is 54.6 Å². The fourth-order valence-electron chi connectivity index (χ4n) is 7.84. The number of carbonyl (C=O) groups is 3. The highest BCUT2D eigenvalue weighted by Crippen LogP contribution is 2.57. The summed E-state index contributed by atoms with van der Waals surface area (Å²) in [5, 5.41) is 9.23. The number of benzene rings is 1. The van der Waals surface area contributed by atoms with E-state index in [1.807, 2.05) is 66.5 Å². The van der Waals surface area contributed by atoms with E-state index in [4.69, 9.17) is 9.47 Å². The highest BCUT2D eigenvalue weighted by molar-refractivity contribution is 6.00. The van der Waals surface area contributed by atoms with Gasteiger partial charge in [-0.05, 0) is 25.3 Å². The lowest BCUT2D eigenvalue weighted by Crippen LogP contribution is -2.56. The molecular formula is C34H46N4O6. The van der Waals surface area contributed by atoms with E-state index in [1.54, 1.807) is 9.80 Å². The average molecular weight is 607 g/mol. The summed E-state index contributed by atoms with van der Waals surface area (Å²) < 4.78 is 12.5. The normalized spacial score (nSPS) is 32.1. The van der Waals surface area contributed by atoms with Crippen molar-refractivity contribution in [3.8, 4) is 0 Å². The number of ether oxygens (including phenoxy) is 2. The van der Waals surface area contributed by atoms with Gasteiger partial charge in [-0.15, -0.1) is 0 Å². The number of likely N-dealkylation sites (tertiary alicyclic amines) is 1. The Kier molecular flexibility index (Phi) is 9.23. The molecule has 3 fully saturated rings. The zero-order valence-corrected chi connectivity index (χ0v) is 25.8. The zero-order chi connectivity index (χ0) is 30.7. The lowest BCUT2D eigenvalue weighted by molar-refractivity contribution is -0.153. The largest absolute Gasteiger partial charge is 0.396 e. The maximum Gasteiger partial charge on any atom is 0.249 e. The van der Waals surface area contributed by atoms with E-state index in [9.17, 15) is 19.5 Å². The van der Waals surface area contributed by atoms with Gasteiger partial charge in [-0.3, -0.25) is 19.3 Å². The molecule has 6 rings (SSSR count). The fourth-order valence-corrected chi connectivity index (χ4v) is 7.84. The van der Waals surface area contributed by atoms with Gasteiger partial charge in [-0.25, -0.2) is 0 Å². The van der Waals surface area contributed by atoms with E-state index in [0.717, 1.165) is 38.0 Å². The van der Waals surface area contributed by atoms with E-state index in [-0.39, 0.29) is 24.3 Å². The molecule has 5 heterocycles. The van der Waals surface area contributed by atoms with Crippen molar-refractivity contribution in [3.63, 3.8) is 0 Å². The van der Waals surface area contributed by atoms with Crippen LogP contribution >= 0.6 is 0 Å². The average Bonchev–Trinajstić information content (AvgIpc) is 3.30. The van der Waals surface area contributed by atoms with Crippen LogP contribution in [0.2, 0.25) is 0 Å². The molecule has 1 aromatic rings. The summed E-state index contributed by atoms with van der Waals surface area (Å²) in [6.07, 6.45) is 10.9. The van der Waals surface area contributed by atoms with Crippen LogP contribution in [0.4, 0.5) is 0 Å². The van der Waals surface area contributed by atoms with Crippen molar-refractivity contribution < 1.29 is 29.0 Å². The minimum atomic E-state index is -1.23. The van der Waals surface area contributed by atoms with Crippen molar-refractivity contribution in [3.05, 3.63) is 60.2 Å². The zero-order valence-electron chi connectivity index (χ0n) is 25.8. The first kappa shape index (κ1) is 31.0. The highest BCUT2D eigenvalue weighted by atomic mass is 16.5. The molecule has 238 valence electrons. The first-order valence-corrected chi connectivity index (χ1v) is 16.3. The number of amides is 3. The molecule has 1 N–H and O–H groups in total. The van der Waals surface area contributed by atoms with Gasteiger partial charge in [0.05, 0.1) is 30.7 Å². The summed E-state index contributed by atoms with van der Waals surface area (Å²) in [6, 6.07) is 9.04. The lowest BCUT2D eigenvalue weighted by Gasteiger charge is -2.38. The SMILES string of the molecule is C[C@]12C=CCN(Cc3ccccc3)C(=O)[C@H]1[C@H]1C(=O)N(CCCCCCO)C3C(=O)N(CCN4CCOCC4)CC=C[C@@]31O2. The number of carbonyl (C=O) groups excluding carboxylic acids is 3. The number of unbranched alkanes of at least 4 members (excludes halogenated alkanes) is 3. The molecule has 44 heavy (non-hydrogen) atoms. The molecule has 1 spiro atoms. The molecule has 1 unspecified atom stereocenters. The Hall–Kier alpha value is -3.05. The smallest absolute Gasteiger partial charge is 0.249 e. The molecule has 0 aromatic heterocycles. The number of aliphatic hydroxyl groups excluding tert-OH is 1. The first-order valence-electron chi connectivity index (χ1n) is 16.3. The first-order chi connectivity index (χ1) is 21.4. The van der Waals surface area contributed by atoms with Crippen molar-refractivity contribution in [1.82, 2.24) is 19.6 Å². The van der Waals surface area contributed by atoms with E-state index >= 15 is 0 Å². The number of fused-ring (bicyclic) bond motifs is 2. The maximum atomic E-state index is 14.5. The molecule has 10 nitrogen and oxygen atoms in total. The van der Waals surface area contributed by atoms with Gasteiger partial charge in [0.25, 0.3) is 0 Å². The van der Waals surface area contributed by atoms with Crippen molar-refractivity contribution in [2.24, 2.45) is 11.8 Å². The number of hydrogen-bond acceptors (Lipinski definition) is 7. The van der Waals surface area contributed by atoms with Crippen LogP contribution in [0.1, 0.15) is 38.2 Å². The molecule has 0 saturated carbocycles. The van der Waals surface area contributed by atoms with Crippen molar-refractivity contribution in [2.45, 2.75) is 56.4 Å². The fraction of sp³-hybridized carbons (Fsp3) is 0.618. The van der Waals surface area contributed by atoms with Crippen molar-refractivity contribution in [2.75, 3.05) is 65.6 Å². The van der Waals surface area contributed by atoms with Gasteiger partial charge in [0, 0.05) is 59.0 Å². The van der Waals surface area contributed by atoms with Gasteiger partial charge >= 0.3 is 0 Å². The van der Waals surface area contributed by atoms with Crippen LogP contribution in [0.5, 0.6) is 0 Å². The molecule has 1 aromatic carbocycles. The van der Waals surface area contributed by atoms with Crippen molar-refractivity contribution in [1.29, 1.82) is 0 Å². The number of aliphatic hydroxyl groups is 1. The lowest BCUT2D eigenvalue weighted by atomic mass is 9.74. The van der Waals surface area contributed by atoms with Gasteiger partial charge < -0.3 is 29.3 Å². The second-order valence-electron chi connectivity index (χ2n) is 12.9. The molecule has 0 radical (unpaired) electrons. The maximum absolute atomic E-state index is 14.5. The predicted octanol–water partition coefficient (Wildman–Crippen LogP) is 1.84. The van der Waals surface area contributed by atoms with Crippen LogP contribution in [0, 0.1) is 11.8 Å². The van der Waals surface area contributed by atoms with Crippen LogP contribution in [0.25, 0.3) is 0 Å². The van der Waals surface area contributed by atoms with Gasteiger partial charge in [0.15, 0.2) is 0 Å². The van der Waals surface area contributed by atoms with Gasteiger partial charge in [0.2, 0.25) is 17.7 Å². The molecule has 5 aliphatic rings. The third-order valence-electron chi connectivity index (χ3n) is 10.0. The Morgan fingerprint density at radius 1 is 0.818 bits per heavy atom. The summed E-state index contributed by atoms with van der Waals surface area (Å²) in [6.45, 7) is 8.08. The number of nitrogens with zero attached hydrogens (tertiary/aromatic N) is 4. The molecule has 3 saturated heterocycles. The Morgan fingerprint density at radius 2 is 1.55 bits per heavy atom. The number of rotatable bonds is 11. The molecule has 0 aliphatic carbocycles. The van der Waals surface area contributed by atoms with E-state index in [0.29, 0.717) is 58.8 Å². The summed E-state index contributed by atoms with van der Waals surface area (Å²) in [5.41, 5.74) is -1.24. The standard InChI is InChI=1S/C34H46N4O6/c1-33-13-9-16-37(25-26-11-5-4-6-12-26)30(40)27(33)28-31(41)38(17-7-2-3-8-22-39)29-32(42)36(15-10-14-34(28,29)44-33)19-18-35-20-23-43-24-21-35/h4-6,9-14,27-29,39H,2-3,7-8,15-25H2,1H3/t27-,28+,29?,33+,34+/m1/s1. The van der Waals surface area contributed by atoms with Gasteiger partial charge in [-0.1, -0.05) is 67.5 Å². The molecular weight excluding hydrogens is 560 g/mol. The van der Waals surface area contributed by atoms with Gasteiger partial charge in [-0.2, -0.15) is 0 Å². The monoisotopic (exact) mass is 606 g/mol. The Balaban J connectivity index is 1.31. The molecule has 5 aliphatic heterocycles. The van der Waals surface area contributed by atoms with Crippen LogP contribution < -0.4 is 0 Å². The molecule has 0 bridgehead atoms. The topological polar surface area (TPSA) is 103 Å². The highest BCUT2D eigenvalue weighted by Gasteiger charge is 2.74. The predicted molar refractivity (Wildman–Crippen MR) is 164 cm³/mol. The van der Waals surface area contributed by atoms with Crippen molar-refractivity contribution >= 4 is 17.7 Å². The van der Waals surface area contributed by atoms with Crippen LogP contribution in [-0.2, 0) is 30.4 Å². The second-order valence-corrected chi connectivity index (χ2v) is 12.9. The number of hydrogen-bond donors (Lipinski definition) is 1. The Morgan fingerprint density at radius 3 is 2.32 bits per heavy atom. The second kappa shape index (κ2) is 13.1. The van der Waals surface area contributed by atoms with Crippen LogP contribution in [-0.4, -0.2) is 125 Å².